The van der Waals surface area contributed by atoms with Crippen LogP contribution in [0.4, 0.5) is 5.69 Å². The van der Waals surface area contributed by atoms with Crippen LogP contribution >= 0.6 is 0 Å². The van der Waals surface area contributed by atoms with Crippen LogP contribution in [0.2, 0.25) is 0 Å². The summed E-state index contributed by atoms with van der Waals surface area (Å²) in [5.41, 5.74) is 2.71. The highest BCUT2D eigenvalue weighted by molar-refractivity contribution is 6.54. The summed E-state index contributed by atoms with van der Waals surface area (Å²) in [6, 6.07) is 13.0. The van der Waals surface area contributed by atoms with Crippen molar-refractivity contribution >= 4 is 23.5 Å². The number of methoxy groups -OCH3 is 1. The SMILES string of the molecule is C=CCN1C(=O)/C(=N\N=C/c2ccc(OC)c(OCC)c2)c2ccccc21. The van der Waals surface area contributed by atoms with Gasteiger partial charge in [0.05, 0.1) is 25.6 Å². The molecule has 6 nitrogen and oxygen atoms in total. The first-order valence-electron chi connectivity index (χ1n) is 8.63. The van der Waals surface area contributed by atoms with Gasteiger partial charge in [-0.1, -0.05) is 24.3 Å². The fraction of sp³-hybridized carbons (Fsp3) is 0.190. The van der Waals surface area contributed by atoms with Crippen LogP contribution in [0.5, 0.6) is 11.5 Å². The zero-order chi connectivity index (χ0) is 19.2. The molecular formula is C21H21N3O3. The summed E-state index contributed by atoms with van der Waals surface area (Å²) in [4.78, 5) is 14.3. The van der Waals surface area contributed by atoms with Crippen LogP contribution < -0.4 is 14.4 Å². The van der Waals surface area contributed by atoms with E-state index in [9.17, 15) is 4.79 Å². The second kappa shape index (κ2) is 8.31. The maximum absolute atomic E-state index is 12.7. The maximum atomic E-state index is 12.7. The van der Waals surface area contributed by atoms with Crippen LogP contribution in [0, 0.1) is 0 Å². The van der Waals surface area contributed by atoms with E-state index in [0.29, 0.717) is 30.4 Å². The summed E-state index contributed by atoms with van der Waals surface area (Å²) in [6.45, 7) is 6.57. The zero-order valence-corrected chi connectivity index (χ0v) is 15.4. The fourth-order valence-corrected chi connectivity index (χ4v) is 2.86. The number of hydrogen-bond donors (Lipinski definition) is 0. The van der Waals surface area contributed by atoms with E-state index < -0.39 is 0 Å². The lowest BCUT2D eigenvalue weighted by Gasteiger charge is -2.13. The molecule has 0 radical (unpaired) electrons. The molecule has 1 amide bonds. The Labute approximate surface area is 158 Å². The van der Waals surface area contributed by atoms with Gasteiger partial charge in [-0.15, -0.1) is 11.7 Å². The molecule has 1 aliphatic rings. The molecule has 0 bridgehead atoms. The second-order valence-electron chi connectivity index (χ2n) is 5.76. The van der Waals surface area contributed by atoms with Crippen LogP contribution in [0.3, 0.4) is 0 Å². The molecule has 0 N–H and O–H groups in total. The van der Waals surface area contributed by atoms with Crippen molar-refractivity contribution in [1.29, 1.82) is 0 Å². The molecule has 2 aromatic rings. The number of carbonyl (C=O) groups excluding carboxylic acids is 1. The molecule has 138 valence electrons. The molecule has 3 rings (SSSR count). The Balaban J connectivity index is 1.88. The summed E-state index contributed by atoms with van der Waals surface area (Å²) in [6.07, 6.45) is 3.27. The largest absolute Gasteiger partial charge is 0.493 e. The Morgan fingerprint density at radius 2 is 2.00 bits per heavy atom. The summed E-state index contributed by atoms with van der Waals surface area (Å²) in [5.74, 6) is 1.11. The molecule has 0 fully saturated rings. The van der Waals surface area contributed by atoms with Crippen molar-refractivity contribution < 1.29 is 14.3 Å². The fourth-order valence-electron chi connectivity index (χ4n) is 2.86. The average molecular weight is 363 g/mol. The van der Waals surface area contributed by atoms with Gasteiger partial charge in [-0.25, -0.2) is 0 Å². The number of nitrogens with zero attached hydrogens (tertiary/aromatic N) is 3. The monoisotopic (exact) mass is 363 g/mol. The molecule has 0 saturated carbocycles. The van der Waals surface area contributed by atoms with Crippen molar-refractivity contribution in [3.63, 3.8) is 0 Å². The van der Waals surface area contributed by atoms with Gasteiger partial charge in [0.2, 0.25) is 0 Å². The Morgan fingerprint density at radius 3 is 2.74 bits per heavy atom. The normalized spacial score (nSPS) is 14.7. The van der Waals surface area contributed by atoms with Gasteiger partial charge < -0.3 is 14.4 Å². The zero-order valence-electron chi connectivity index (χ0n) is 15.4. The van der Waals surface area contributed by atoms with E-state index in [-0.39, 0.29) is 5.91 Å². The number of fused-ring (bicyclic) bond motifs is 1. The Kier molecular flexibility index (Phi) is 5.66. The summed E-state index contributed by atoms with van der Waals surface area (Å²) in [5, 5.41) is 8.30. The lowest BCUT2D eigenvalue weighted by molar-refractivity contribution is -0.112. The highest BCUT2D eigenvalue weighted by Crippen LogP contribution is 2.29. The number of ether oxygens (including phenoxy) is 2. The lowest BCUT2D eigenvalue weighted by atomic mass is 10.1. The molecule has 0 saturated heterocycles. The van der Waals surface area contributed by atoms with E-state index in [2.05, 4.69) is 16.8 Å². The van der Waals surface area contributed by atoms with Gasteiger partial charge in [0.25, 0.3) is 5.91 Å². The minimum Gasteiger partial charge on any atom is -0.493 e. The van der Waals surface area contributed by atoms with Crippen molar-refractivity contribution in [2.75, 3.05) is 25.2 Å². The lowest BCUT2D eigenvalue weighted by Crippen LogP contribution is -2.30. The third-order valence-corrected chi connectivity index (χ3v) is 4.06. The number of para-hydroxylation sites is 1. The van der Waals surface area contributed by atoms with E-state index in [1.165, 1.54) is 0 Å². The van der Waals surface area contributed by atoms with Crippen molar-refractivity contribution in [3.05, 3.63) is 66.2 Å². The molecule has 2 aromatic carbocycles. The third kappa shape index (κ3) is 3.74. The van der Waals surface area contributed by atoms with Gasteiger partial charge in [-0.05, 0) is 36.8 Å². The highest BCUT2D eigenvalue weighted by Gasteiger charge is 2.32. The predicted octanol–water partition coefficient (Wildman–Crippen LogP) is 3.45. The predicted molar refractivity (Wildman–Crippen MR) is 107 cm³/mol. The van der Waals surface area contributed by atoms with Crippen molar-refractivity contribution in [3.8, 4) is 11.5 Å². The van der Waals surface area contributed by atoms with Crippen LogP contribution in [0.25, 0.3) is 0 Å². The minimum absolute atomic E-state index is 0.182. The van der Waals surface area contributed by atoms with E-state index in [1.54, 1.807) is 30.4 Å². The Bertz CT molecular complexity index is 919. The third-order valence-electron chi connectivity index (χ3n) is 4.06. The van der Waals surface area contributed by atoms with Crippen LogP contribution in [0.15, 0.2) is 65.3 Å². The van der Waals surface area contributed by atoms with Crippen molar-refractivity contribution in [2.24, 2.45) is 10.2 Å². The summed E-state index contributed by atoms with van der Waals surface area (Å²) < 4.78 is 10.8. The van der Waals surface area contributed by atoms with Gasteiger partial charge in [-0.2, -0.15) is 5.10 Å². The molecule has 6 heteroatoms. The molecule has 0 unspecified atom stereocenters. The average Bonchev–Trinajstić information content (AvgIpc) is 2.95. The molecule has 0 aromatic heterocycles. The van der Waals surface area contributed by atoms with Gasteiger partial charge in [0, 0.05) is 12.1 Å². The van der Waals surface area contributed by atoms with E-state index >= 15 is 0 Å². The molecule has 1 aliphatic heterocycles. The van der Waals surface area contributed by atoms with E-state index in [1.807, 2.05) is 43.3 Å². The Hall–Kier alpha value is -3.41. The number of hydrogen-bond acceptors (Lipinski definition) is 5. The molecule has 0 atom stereocenters. The maximum Gasteiger partial charge on any atom is 0.279 e. The van der Waals surface area contributed by atoms with Gasteiger partial charge in [0.1, 0.15) is 0 Å². The van der Waals surface area contributed by atoms with Crippen LogP contribution in [-0.4, -0.2) is 38.1 Å². The van der Waals surface area contributed by atoms with Crippen LogP contribution in [-0.2, 0) is 4.79 Å². The number of amides is 1. The summed E-state index contributed by atoms with van der Waals surface area (Å²) in [7, 11) is 1.59. The van der Waals surface area contributed by atoms with Crippen molar-refractivity contribution in [1.82, 2.24) is 0 Å². The standard InChI is InChI=1S/C21H21N3O3/c1-4-12-24-17-9-7-6-8-16(17)20(21(24)25)23-22-14-15-10-11-18(26-3)19(13-15)27-5-2/h4,6-11,13-14H,1,5,12H2,2-3H3/b22-14-,23-20-. The Morgan fingerprint density at radius 1 is 1.19 bits per heavy atom. The first-order valence-corrected chi connectivity index (χ1v) is 8.63. The first kappa shape index (κ1) is 18.4. The first-order chi connectivity index (χ1) is 13.2. The molecular weight excluding hydrogens is 342 g/mol. The number of carbonyl (C=O) groups is 1. The molecule has 0 aliphatic carbocycles. The second-order valence-corrected chi connectivity index (χ2v) is 5.76. The molecule has 27 heavy (non-hydrogen) atoms. The smallest absolute Gasteiger partial charge is 0.279 e. The summed E-state index contributed by atoms with van der Waals surface area (Å²) >= 11 is 0. The quantitative estimate of drug-likeness (QED) is 0.430. The molecule has 0 spiro atoms. The van der Waals surface area contributed by atoms with Gasteiger partial charge in [-0.3, -0.25) is 4.79 Å². The van der Waals surface area contributed by atoms with Crippen LogP contribution in [0.1, 0.15) is 18.1 Å². The molecule has 1 heterocycles. The number of anilines is 1. The van der Waals surface area contributed by atoms with Gasteiger partial charge >= 0.3 is 0 Å². The number of benzene rings is 2. The number of rotatable bonds is 7. The van der Waals surface area contributed by atoms with Crippen molar-refractivity contribution in [2.45, 2.75) is 6.92 Å². The highest BCUT2D eigenvalue weighted by atomic mass is 16.5. The van der Waals surface area contributed by atoms with E-state index in [0.717, 1.165) is 16.8 Å². The van der Waals surface area contributed by atoms with E-state index in [4.69, 9.17) is 9.47 Å². The topological polar surface area (TPSA) is 63.5 Å². The van der Waals surface area contributed by atoms with Gasteiger partial charge in [0.15, 0.2) is 17.2 Å². The minimum atomic E-state index is -0.182.